The number of benzene rings is 1. The normalized spacial score (nSPS) is 15.0. The highest BCUT2D eigenvalue weighted by Crippen LogP contribution is 2.22. The molecule has 0 spiro atoms. The smallest absolute Gasteiger partial charge is 0.270 e. The molecule has 1 aliphatic carbocycles. The van der Waals surface area contributed by atoms with Gasteiger partial charge < -0.3 is 10.6 Å². The molecule has 0 unspecified atom stereocenters. The summed E-state index contributed by atoms with van der Waals surface area (Å²) in [5.74, 6) is 0.260. The third-order valence-electron chi connectivity index (χ3n) is 4.46. The van der Waals surface area contributed by atoms with Crippen molar-refractivity contribution in [1.29, 1.82) is 0 Å². The van der Waals surface area contributed by atoms with Crippen molar-refractivity contribution >= 4 is 29.1 Å². The molecule has 2 N–H and O–H groups in total. The van der Waals surface area contributed by atoms with Gasteiger partial charge in [-0.15, -0.1) is 0 Å². The molecule has 5 nitrogen and oxygen atoms in total. The van der Waals surface area contributed by atoms with E-state index in [0.29, 0.717) is 16.7 Å². The lowest BCUT2D eigenvalue weighted by Crippen LogP contribution is -2.36. The summed E-state index contributed by atoms with van der Waals surface area (Å²) in [6, 6.07) is 7.63. The van der Waals surface area contributed by atoms with Gasteiger partial charge in [-0.3, -0.25) is 4.79 Å². The number of aryl methyl sites for hydroxylation is 2. The summed E-state index contributed by atoms with van der Waals surface area (Å²) in [5, 5.41) is 6.89. The molecular weight excluding hydrogens is 336 g/mol. The highest BCUT2D eigenvalue weighted by molar-refractivity contribution is 6.31. The number of halogens is 1. The zero-order valence-electron chi connectivity index (χ0n) is 14.6. The van der Waals surface area contributed by atoms with Crippen molar-refractivity contribution in [3.8, 4) is 0 Å². The molecule has 25 heavy (non-hydrogen) atoms. The number of carbonyl (C=O) groups is 1. The Labute approximate surface area is 153 Å². The van der Waals surface area contributed by atoms with Gasteiger partial charge >= 0.3 is 0 Å². The number of rotatable bonds is 4. The molecule has 3 rings (SSSR count). The van der Waals surface area contributed by atoms with E-state index in [0.717, 1.165) is 29.8 Å². The summed E-state index contributed by atoms with van der Waals surface area (Å²) in [5.41, 5.74) is 2.92. The molecular formula is C19H23ClN4O. The van der Waals surface area contributed by atoms with E-state index < -0.39 is 0 Å². The van der Waals surface area contributed by atoms with Gasteiger partial charge in [-0.05, 0) is 50.5 Å². The average Bonchev–Trinajstić information content (AvgIpc) is 2.58. The molecule has 1 fully saturated rings. The van der Waals surface area contributed by atoms with Gasteiger partial charge in [0.2, 0.25) is 5.95 Å². The van der Waals surface area contributed by atoms with Crippen LogP contribution in [0.5, 0.6) is 0 Å². The van der Waals surface area contributed by atoms with E-state index in [2.05, 4.69) is 20.6 Å². The van der Waals surface area contributed by atoms with Crippen LogP contribution in [0.25, 0.3) is 0 Å². The Morgan fingerprint density at radius 1 is 1.12 bits per heavy atom. The zero-order valence-corrected chi connectivity index (χ0v) is 15.4. The van der Waals surface area contributed by atoms with Crippen molar-refractivity contribution in [2.24, 2.45) is 0 Å². The summed E-state index contributed by atoms with van der Waals surface area (Å²) in [6.45, 7) is 3.80. The van der Waals surface area contributed by atoms with Gasteiger partial charge in [0.05, 0.1) is 0 Å². The van der Waals surface area contributed by atoms with Crippen LogP contribution in [-0.2, 0) is 0 Å². The predicted molar refractivity (Wildman–Crippen MR) is 101 cm³/mol. The largest absolute Gasteiger partial charge is 0.348 e. The number of hydrogen-bond donors (Lipinski definition) is 2. The van der Waals surface area contributed by atoms with Crippen LogP contribution in [0, 0.1) is 13.8 Å². The number of nitrogens with one attached hydrogen (secondary N) is 2. The van der Waals surface area contributed by atoms with Crippen molar-refractivity contribution in [2.75, 3.05) is 5.32 Å². The second-order valence-electron chi connectivity index (χ2n) is 6.62. The lowest BCUT2D eigenvalue weighted by atomic mass is 9.95. The lowest BCUT2D eigenvalue weighted by Gasteiger charge is -2.22. The molecule has 132 valence electrons. The minimum Gasteiger partial charge on any atom is -0.348 e. The second-order valence-corrected chi connectivity index (χ2v) is 7.02. The minimum absolute atomic E-state index is 0.137. The first kappa shape index (κ1) is 17.7. The lowest BCUT2D eigenvalue weighted by molar-refractivity contribution is 0.0922. The quantitative estimate of drug-likeness (QED) is 0.841. The topological polar surface area (TPSA) is 66.9 Å². The summed E-state index contributed by atoms with van der Waals surface area (Å²) >= 11 is 6.16. The van der Waals surface area contributed by atoms with Gasteiger partial charge in [-0.1, -0.05) is 36.9 Å². The van der Waals surface area contributed by atoms with Crippen molar-refractivity contribution in [3.63, 3.8) is 0 Å². The third kappa shape index (κ3) is 4.69. The highest BCUT2D eigenvalue weighted by Gasteiger charge is 2.18. The van der Waals surface area contributed by atoms with E-state index in [1.165, 1.54) is 19.3 Å². The molecule has 0 bridgehead atoms. The number of aromatic nitrogens is 2. The van der Waals surface area contributed by atoms with E-state index in [9.17, 15) is 4.79 Å². The Bertz CT molecular complexity index is 772. The van der Waals surface area contributed by atoms with Crippen LogP contribution in [-0.4, -0.2) is 21.9 Å². The molecule has 1 saturated carbocycles. The molecule has 0 aliphatic heterocycles. The Kier molecular flexibility index (Phi) is 5.53. The van der Waals surface area contributed by atoms with Crippen LogP contribution in [0.1, 0.15) is 53.8 Å². The summed E-state index contributed by atoms with van der Waals surface area (Å²) in [7, 11) is 0. The van der Waals surface area contributed by atoms with Crippen molar-refractivity contribution in [1.82, 2.24) is 15.3 Å². The van der Waals surface area contributed by atoms with Crippen LogP contribution < -0.4 is 10.6 Å². The van der Waals surface area contributed by atoms with Gasteiger partial charge in [0.1, 0.15) is 5.69 Å². The first-order chi connectivity index (χ1) is 12.0. The van der Waals surface area contributed by atoms with Crippen LogP contribution in [0.15, 0.2) is 24.3 Å². The SMILES string of the molecule is Cc1cc(C(=O)NC2CCCCC2)nc(Nc2ccc(C)c(Cl)c2)n1. The van der Waals surface area contributed by atoms with Gasteiger partial charge in [0, 0.05) is 22.4 Å². The van der Waals surface area contributed by atoms with E-state index in [1.54, 1.807) is 6.07 Å². The fourth-order valence-electron chi connectivity index (χ4n) is 3.05. The van der Waals surface area contributed by atoms with E-state index >= 15 is 0 Å². The average molecular weight is 359 g/mol. The first-order valence-electron chi connectivity index (χ1n) is 8.71. The molecule has 6 heteroatoms. The molecule has 1 aliphatic rings. The van der Waals surface area contributed by atoms with Crippen molar-refractivity contribution in [3.05, 3.63) is 46.2 Å². The fraction of sp³-hybridized carbons (Fsp3) is 0.421. The number of amides is 1. The van der Waals surface area contributed by atoms with Crippen LogP contribution in [0.2, 0.25) is 5.02 Å². The van der Waals surface area contributed by atoms with Crippen LogP contribution >= 0.6 is 11.6 Å². The minimum atomic E-state index is -0.137. The molecule has 2 aromatic rings. The maximum atomic E-state index is 12.5. The Balaban J connectivity index is 1.75. The standard InChI is InChI=1S/C19H23ClN4O/c1-12-8-9-15(11-16(12)20)23-19-21-13(2)10-17(24-19)18(25)22-14-6-4-3-5-7-14/h8-11,14H,3-7H2,1-2H3,(H,22,25)(H,21,23,24). The maximum Gasteiger partial charge on any atom is 0.270 e. The van der Waals surface area contributed by atoms with Gasteiger partial charge in [-0.2, -0.15) is 0 Å². The van der Waals surface area contributed by atoms with Gasteiger partial charge in [-0.25, -0.2) is 9.97 Å². The first-order valence-corrected chi connectivity index (χ1v) is 9.09. The van der Waals surface area contributed by atoms with Crippen molar-refractivity contribution in [2.45, 2.75) is 52.0 Å². The summed E-state index contributed by atoms with van der Waals surface area (Å²) < 4.78 is 0. The zero-order chi connectivity index (χ0) is 17.8. The van der Waals surface area contributed by atoms with Gasteiger partial charge in [0.15, 0.2) is 0 Å². The number of hydrogen-bond acceptors (Lipinski definition) is 4. The summed E-state index contributed by atoms with van der Waals surface area (Å²) in [4.78, 5) is 21.3. The van der Waals surface area contributed by atoms with Crippen molar-refractivity contribution < 1.29 is 4.79 Å². The van der Waals surface area contributed by atoms with E-state index in [-0.39, 0.29) is 11.9 Å². The number of anilines is 2. The van der Waals surface area contributed by atoms with E-state index in [4.69, 9.17) is 11.6 Å². The van der Waals surface area contributed by atoms with E-state index in [1.807, 2.05) is 32.0 Å². The number of nitrogens with zero attached hydrogens (tertiary/aromatic N) is 2. The fourth-order valence-corrected chi connectivity index (χ4v) is 3.23. The molecule has 1 aromatic heterocycles. The molecule has 0 atom stereocenters. The van der Waals surface area contributed by atoms with Crippen LogP contribution in [0.4, 0.5) is 11.6 Å². The highest BCUT2D eigenvalue weighted by atomic mass is 35.5. The monoisotopic (exact) mass is 358 g/mol. The predicted octanol–water partition coefficient (Wildman–Crippen LogP) is 4.55. The molecule has 1 amide bonds. The molecule has 1 heterocycles. The van der Waals surface area contributed by atoms with Gasteiger partial charge in [0.25, 0.3) is 5.91 Å². The Hall–Kier alpha value is -2.14. The maximum absolute atomic E-state index is 12.5. The third-order valence-corrected chi connectivity index (χ3v) is 4.86. The summed E-state index contributed by atoms with van der Waals surface area (Å²) in [6.07, 6.45) is 5.70. The Morgan fingerprint density at radius 3 is 2.60 bits per heavy atom. The molecule has 0 saturated heterocycles. The Morgan fingerprint density at radius 2 is 1.88 bits per heavy atom. The number of carbonyl (C=O) groups excluding carboxylic acids is 1. The molecule has 1 aromatic carbocycles. The second kappa shape index (κ2) is 7.83. The molecule has 0 radical (unpaired) electrons. The van der Waals surface area contributed by atoms with Crippen LogP contribution in [0.3, 0.4) is 0 Å².